The number of methoxy groups -OCH3 is 1. The van der Waals surface area contributed by atoms with E-state index in [1.165, 1.54) is 7.11 Å². The number of carbonyl (C=O) groups is 1. The van der Waals surface area contributed by atoms with Crippen LogP contribution in [0.2, 0.25) is 5.02 Å². The van der Waals surface area contributed by atoms with Crippen molar-refractivity contribution in [3.05, 3.63) is 47.5 Å². The second kappa shape index (κ2) is 6.85. The van der Waals surface area contributed by atoms with Gasteiger partial charge < -0.3 is 20.5 Å². The van der Waals surface area contributed by atoms with Crippen molar-refractivity contribution in [3.63, 3.8) is 0 Å². The average molecular weight is 307 g/mol. The van der Waals surface area contributed by atoms with E-state index in [1.54, 1.807) is 42.5 Å². The topological polar surface area (TPSA) is 73.6 Å². The number of anilines is 2. The second-order valence-corrected chi connectivity index (χ2v) is 4.68. The number of hydrogen-bond acceptors (Lipinski definition) is 4. The summed E-state index contributed by atoms with van der Waals surface area (Å²) in [6.07, 6.45) is 0. The van der Waals surface area contributed by atoms with E-state index in [0.29, 0.717) is 27.9 Å². The van der Waals surface area contributed by atoms with Crippen molar-refractivity contribution in [2.45, 2.75) is 0 Å². The Bertz CT molecular complexity index is 629. The van der Waals surface area contributed by atoms with Crippen molar-refractivity contribution < 1.29 is 14.3 Å². The molecule has 21 heavy (non-hydrogen) atoms. The molecule has 110 valence electrons. The molecule has 1 amide bonds. The quantitative estimate of drug-likeness (QED) is 0.833. The van der Waals surface area contributed by atoms with Crippen molar-refractivity contribution >= 4 is 28.9 Å². The van der Waals surface area contributed by atoms with E-state index in [2.05, 4.69) is 5.32 Å². The van der Waals surface area contributed by atoms with E-state index in [-0.39, 0.29) is 12.5 Å². The third kappa shape index (κ3) is 4.29. The molecule has 0 aliphatic carbocycles. The van der Waals surface area contributed by atoms with E-state index >= 15 is 0 Å². The molecule has 0 unspecified atom stereocenters. The van der Waals surface area contributed by atoms with Crippen molar-refractivity contribution in [1.82, 2.24) is 0 Å². The molecule has 0 aliphatic rings. The monoisotopic (exact) mass is 306 g/mol. The maximum Gasteiger partial charge on any atom is 0.262 e. The number of rotatable bonds is 5. The van der Waals surface area contributed by atoms with Crippen LogP contribution in [0, 0.1) is 0 Å². The minimum Gasteiger partial charge on any atom is -0.495 e. The summed E-state index contributed by atoms with van der Waals surface area (Å²) in [4.78, 5) is 11.8. The summed E-state index contributed by atoms with van der Waals surface area (Å²) in [6.45, 7) is -0.104. The molecule has 0 radical (unpaired) electrons. The van der Waals surface area contributed by atoms with Crippen LogP contribution in [0.3, 0.4) is 0 Å². The molecule has 0 saturated heterocycles. The molecule has 5 nitrogen and oxygen atoms in total. The highest BCUT2D eigenvalue weighted by atomic mass is 35.5. The Balaban J connectivity index is 1.89. The first-order valence-corrected chi connectivity index (χ1v) is 6.58. The van der Waals surface area contributed by atoms with Gasteiger partial charge in [0.25, 0.3) is 5.91 Å². The van der Waals surface area contributed by atoms with Gasteiger partial charge in [-0.3, -0.25) is 4.79 Å². The summed E-state index contributed by atoms with van der Waals surface area (Å²) in [5.41, 5.74) is 6.80. The van der Waals surface area contributed by atoms with Gasteiger partial charge in [0.1, 0.15) is 11.5 Å². The van der Waals surface area contributed by atoms with Gasteiger partial charge in [-0.05, 0) is 42.5 Å². The van der Waals surface area contributed by atoms with Crippen LogP contribution in [-0.2, 0) is 4.79 Å². The van der Waals surface area contributed by atoms with Crippen molar-refractivity contribution in [3.8, 4) is 11.5 Å². The van der Waals surface area contributed by atoms with E-state index < -0.39 is 0 Å². The van der Waals surface area contributed by atoms with Crippen molar-refractivity contribution in [2.75, 3.05) is 24.8 Å². The molecule has 0 spiro atoms. The minimum absolute atomic E-state index is 0.104. The van der Waals surface area contributed by atoms with Gasteiger partial charge in [0, 0.05) is 10.7 Å². The first-order chi connectivity index (χ1) is 10.1. The molecule has 3 N–H and O–H groups in total. The number of amides is 1. The maximum atomic E-state index is 11.8. The Morgan fingerprint density at radius 3 is 2.57 bits per heavy atom. The molecule has 6 heteroatoms. The van der Waals surface area contributed by atoms with Crippen LogP contribution in [0.15, 0.2) is 42.5 Å². The van der Waals surface area contributed by atoms with Gasteiger partial charge in [-0.15, -0.1) is 0 Å². The summed E-state index contributed by atoms with van der Waals surface area (Å²) in [7, 11) is 1.53. The predicted molar refractivity (Wildman–Crippen MR) is 83.0 cm³/mol. The molecule has 0 saturated carbocycles. The van der Waals surface area contributed by atoms with Crippen LogP contribution < -0.4 is 20.5 Å². The Labute approximate surface area is 127 Å². The molecule has 2 rings (SSSR count). The zero-order valence-electron chi connectivity index (χ0n) is 11.4. The molecular formula is C15H15ClN2O3. The third-order valence-electron chi connectivity index (χ3n) is 2.70. The van der Waals surface area contributed by atoms with Gasteiger partial charge in [0.2, 0.25) is 0 Å². The zero-order chi connectivity index (χ0) is 15.2. The van der Waals surface area contributed by atoms with Gasteiger partial charge in [0.15, 0.2) is 6.61 Å². The van der Waals surface area contributed by atoms with Gasteiger partial charge in [-0.25, -0.2) is 0 Å². The smallest absolute Gasteiger partial charge is 0.262 e. The molecule has 2 aromatic carbocycles. The number of benzene rings is 2. The molecule has 2 aromatic rings. The van der Waals surface area contributed by atoms with Gasteiger partial charge >= 0.3 is 0 Å². The number of hydrogen-bond donors (Lipinski definition) is 2. The van der Waals surface area contributed by atoms with E-state index in [0.717, 1.165) is 0 Å². The lowest BCUT2D eigenvalue weighted by Crippen LogP contribution is -2.20. The maximum absolute atomic E-state index is 11.8. The average Bonchev–Trinajstić information content (AvgIpc) is 2.47. The number of nitrogen functional groups attached to an aromatic ring is 1. The lowest BCUT2D eigenvalue weighted by atomic mass is 10.2. The molecule has 0 heterocycles. The molecule has 0 aliphatic heterocycles. The second-order valence-electron chi connectivity index (χ2n) is 4.25. The molecule has 0 bridgehead atoms. The van der Waals surface area contributed by atoms with E-state index in [1.807, 2.05) is 0 Å². The van der Waals surface area contributed by atoms with Gasteiger partial charge in [-0.1, -0.05) is 11.6 Å². The van der Waals surface area contributed by atoms with E-state index in [9.17, 15) is 4.79 Å². The van der Waals surface area contributed by atoms with Crippen LogP contribution in [-0.4, -0.2) is 19.6 Å². The zero-order valence-corrected chi connectivity index (χ0v) is 12.2. The summed E-state index contributed by atoms with van der Waals surface area (Å²) >= 11 is 5.76. The number of nitrogens with one attached hydrogen (secondary N) is 1. The predicted octanol–water partition coefficient (Wildman–Crippen LogP) is 2.95. The summed E-state index contributed by atoms with van der Waals surface area (Å²) in [5.74, 6) is 0.851. The van der Waals surface area contributed by atoms with Gasteiger partial charge in [0.05, 0.1) is 12.8 Å². The largest absolute Gasteiger partial charge is 0.495 e. The number of nitrogens with two attached hydrogens (primary N) is 1. The summed E-state index contributed by atoms with van der Waals surface area (Å²) in [5, 5.41) is 3.30. The number of halogens is 1. The Morgan fingerprint density at radius 2 is 1.95 bits per heavy atom. The fraction of sp³-hybridized carbons (Fsp3) is 0.133. The highest BCUT2D eigenvalue weighted by Gasteiger charge is 2.06. The number of carbonyl (C=O) groups excluding carboxylic acids is 1. The fourth-order valence-electron chi connectivity index (χ4n) is 1.69. The van der Waals surface area contributed by atoms with Crippen molar-refractivity contribution in [2.24, 2.45) is 0 Å². The Hall–Kier alpha value is -2.40. The van der Waals surface area contributed by atoms with Crippen LogP contribution in [0.4, 0.5) is 11.4 Å². The van der Waals surface area contributed by atoms with Crippen LogP contribution >= 0.6 is 11.6 Å². The fourth-order valence-corrected chi connectivity index (χ4v) is 1.81. The van der Waals surface area contributed by atoms with Crippen molar-refractivity contribution in [1.29, 1.82) is 0 Å². The summed E-state index contributed by atoms with van der Waals surface area (Å²) < 4.78 is 10.4. The minimum atomic E-state index is -0.283. The Kier molecular flexibility index (Phi) is 4.90. The Morgan fingerprint density at radius 1 is 1.24 bits per heavy atom. The SMILES string of the molecule is COc1ccc(NC(=O)COc2ccc(Cl)cc2)cc1N. The van der Waals surface area contributed by atoms with Crippen LogP contribution in [0.5, 0.6) is 11.5 Å². The first kappa shape index (κ1) is 15.0. The molecule has 0 atom stereocenters. The standard InChI is InChI=1S/C15H15ClN2O3/c1-20-14-7-4-11(8-13(14)17)18-15(19)9-21-12-5-2-10(16)3-6-12/h2-8H,9,17H2,1H3,(H,18,19). The summed E-state index contributed by atoms with van der Waals surface area (Å²) in [6, 6.07) is 11.8. The highest BCUT2D eigenvalue weighted by Crippen LogP contribution is 2.24. The number of ether oxygens (including phenoxy) is 2. The van der Waals surface area contributed by atoms with E-state index in [4.69, 9.17) is 26.8 Å². The lowest BCUT2D eigenvalue weighted by Gasteiger charge is -2.09. The lowest BCUT2D eigenvalue weighted by molar-refractivity contribution is -0.118. The van der Waals surface area contributed by atoms with Crippen LogP contribution in [0.25, 0.3) is 0 Å². The highest BCUT2D eigenvalue weighted by molar-refractivity contribution is 6.30. The molecular weight excluding hydrogens is 292 g/mol. The molecule has 0 fully saturated rings. The normalized spacial score (nSPS) is 10.0. The van der Waals surface area contributed by atoms with Crippen LogP contribution in [0.1, 0.15) is 0 Å². The first-order valence-electron chi connectivity index (χ1n) is 6.20. The third-order valence-corrected chi connectivity index (χ3v) is 2.95. The van der Waals surface area contributed by atoms with Gasteiger partial charge in [-0.2, -0.15) is 0 Å². The molecule has 0 aromatic heterocycles.